The molecule has 1 atom stereocenters. The highest BCUT2D eigenvalue weighted by atomic mass is 16.5. The van der Waals surface area contributed by atoms with Crippen molar-refractivity contribution in [1.82, 2.24) is 14.5 Å². The molecule has 1 N–H and O–H groups in total. The molecule has 1 aliphatic heterocycles. The quantitative estimate of drug-likeness (QED) is 0.566. The number of pyridine rings is 2. The number of nitrogens with zero attached hydrogens (tertiary/aromatic N) is 3. The van der Waals surface area contributed by atoms with Gasteiger partial charge < -0.3 is 14.4 Å². The molecule has 0 radical (unpaired) electrons. The Balaban J connectivity index is 1.63. The largest absolute Gasteiger partial charge is 0.507 e. The number of benzene rings is 1. The number of rotatable bonds is 8. The van der Waals surface area contributed by atoms with Crippen LogP contribution >= 0.6 is 0 Å². The molecule has 1 unspecified atom stereocenters. The number of ether oxygens (including phenoxy) is 1. The van der Waals surface area contributed by atoms with Crippen molar-refractivity contribution in [3.63, 3.8) is 0 Å². The van der Waals surface area contributed by atoms with Gasteiger partial charge in [-0.05, 0) is 68.5 Å². The van der Waals surface area contributed by atoms with Gasteiger partial charge in [-0.25, -0.2) is 0 Å². The second-order valence-electron chi connectivity index (χ2n) is 8.89. The number of methoxy groups -OCH3 is 1. The summed E-state index contributed by atoms with van der Waals surface area (Å²) < 4.78 is 6.90. The maximum absolute atomic E-state index is 13.6. The lowest BCUT2D eigenvalue weighted by molar-refractivity contribution is 0.147. The average Bonchev–Trinajstić information content (AvgIpc) is 2.83. The van der Waals surface area contributed by atoms with Crippen LogP contribution in [0, 0.1) is 12.8 Å². The molecule has 6 nitrogen and oxygen atoms in total. The van der Waals surface area contributed by atoms with Crippen LogP contribution in [0.5, 0.6) is 5.75 Å². The van der Waals surface area contributed by atoms with Crippen molar-refractivity contribution in [2.45, 2.75) is 38.8 Å². The molecular weight excluding hydrogens is 414 g/mol. The number of aromatic nitrogens is 2. The van der Waals surface area contributed by atoms with Crippen molar-refractivity contribution in [2.75, 3.05) is 26.8 Å². The molecule has 1 fully saturated rings. The maximum atomic E-state index is 13.6. The third-order valence-electron chi connectivity index (χ3n) is 6.70. The number of piperidine rings is 1. The van der Waals surface area contributed by atoms with Crippen molar-refractivity contribution in [1.29, 1.82) is 0 Å². The molecule has 1 aliphatic rings. The van der Waals surface area contributed by atoms with Crippen LogP contribution in [-0.4, -0.2) is 46.4 Å². The summed E-state index contributed by atoms with van der Waals surface area (Å²) in [5.74, 6) is 0.662. The summed E-state index contributed by atoms with van der Waals surface area (Å²) >= 11 is 0. The normalized spacial score (nSPS) is 16.1. The number of aromatic hydroxyl groups is 1. The zero-order valence-electron chi connectivity index (χ0n) is 19.5. The lowest BCUT2D eigenvalue weighted by Crippen LogP contribution is -2.41. The van der Waals surface area contributed by atoms with Gasteiger partial charge in [0.25, 0.3) is 5.56 Å². The van der Waals surface area contributed by atoms with Crippen LogP contribution < -0.4 is 5.56 Å². The van der Waals surface area contributed by atoms with Gasteiger partial charge in [0, 0.05) is 31.7 Å². The Morgan fingerprint density at radius 2 is 1.91 bits per heavy atom. The lowest BCUT2D eigenvalue weighted by Gasteiger charge is -2.38. The first kappa shape index (κ1) is 23.2. The standard InChI is InChI=1S/C27H33N3O3/c1-20-17-24(31)25(27(32)30(20)15-16-33-2)26(23-9-6-12-28-19-23)29-13-10-22(11-14-29)18-21-7-4-3-5-8-21/h3-9,12,17,19,22,26,31H,10-11,13-16,18H2,1-2H3. The molecule has 0 spiro atoms. The van der Waals surface area contributed by atoms with E-state index >= 15 is 0 Å². The van der Waals surface area contributed by atoms with E-state index in [9.17, 15) is 9.90 Å². The third-order valence-corrected chi connectivity index (χ3v) is 6.70. The van der Waals surface area contributed by atoms with E-state index in [4.69, 9.17) is 4.74 Å². The highest BCUT2D eigenvalue weighted by molar-refractivity contribution is 5.40. The van der Waals surface area contributed by atoms with Crippen LogP contribution in [0.15, 0.2) is 65.7 Å². The van der Waals surface area contributed by atoms with Gasteiger partial charge in [-0.3, -0.25) is 14.7 Å². The Labute approximate surface area is 195 Å². The molecule has 174 valence electrons. The first-order chi connectivity index (χ1) is 16.1. The fourth-order valence-corrected chi connectivity index (χ4v) is 4.95. The molecule has 1 aromatic carbocycles. The Hall–Kier alpha value is -2.96. The molecule has 0 saturated carbocycles. The van der Waals surface area contributed by atoms with E-state index in [1.807, 2.05) is 19.1 Å². The van der Waals surface area contributed by atoms with Gasteiger partial charge in [-0.2, -0.15) is 0 Å². The number of hydrogen-bond donors (Lipinski definition) is 1. The molecule has 0 amide bonds. The average molecular weight is 448 g/mol. The van der Waals surface area contributed by atoms with Crippen LogP contribution in [0.25, 0.3) is 0 Å². The molecule has 4 rings (SSSR count). The molecule has 3 aromatic rings. The zero-order chi connectivity index (χ0) is 23.2. The fraction of sp³-hybridized carbons (Fsp3) is 0.407. The van der Waals surface area contributed by atoms with Gasteiger partial charge in [0.2, 0.25) is 0 Å². The summed E-state index contributed by atoms with van der Waals surface area (Å²) in [4.78, 5) is 20.2. The summed E-state index contributed by atoms with van der Waals surface area (Å²) in [5, 5.41) is 10.9. The summed E-state index contributed by atoms with van der Waals surface area (Å²) in [7, 11) is 1.62. The predicted octanol–water partition coefficient (Wildman–Crippen LogP) is 3.95. The molecular formula is C27H33N3O3. The van der Waals surface area contributed by atoms with E-state index in [1.165, 1.54) is 5.56 Å². The van der Waals surface area contributed by atoms with Crippen LogP contribution in [0.2, 0.25) is 0 Å². The highest BCUT2D eigenvalue weighted by Crippen LogP contribution is 2.35. The Kier molecular flexibility index (Phi) is 7.57. The minimum absolute atomic E-state index is 0.0476. The molecule has 0 bridgehead atoms. The second-order valence-corrected chi connectivity index (χ2v) is 8.89. The van der Waals surface area contributed by atoms with Crippen molar-refractivity contribution in [3.8, 4) is 5.75 Å². The van der Waals surface area contributed by atoms with Gasteiger partial charge in [-0.1, -0.05) is 36.4 Å². The topological polar surface area (TPSA) is 67.6 Å². The van der Waals surface area contributed by atoms with Gasteiger partial charge in [0.05, 0.1) is 18.2 Å². The van der Waals surface area contributed by atoms with Crippen molar-refractivity contribution in [2.24, 2.45) is 5.92 Å². The summed E-state index contributed by atoms with van der Waals surface area (Å²) in [6.07, 6.45) is 6.72. The second kappa shape index (κ2) is 10.8. The number of aryl methyl sites for hydroxylation is 1. The summed E-state index contributed by atoms with van der Waals surface area (Å²) in [5.41, 5.74) is 3.28. The zero-order valence-corrected chi connectivity index (χ0v) is 19.5. The van der Waals surface area contributed by atoms with Gasteiger partial charge >= 0.3 is 0 Å². The number of hydrogen-bond acceptors (Lipinski definition) is 5. The summed E-state index contributed by atoms with van der Waals surface area (Å²) in [6, 6.07) is 15.9. The van der Waals surface area contributed by atoms with Gasteiger partial charge in [-0.15, -0.1) is 0 Å². The fourth-order valence-electron chi connectivity index (χ4n) is 4.95. The van der Waals surface area contributed by atoms with Crippen LogP contribution in [0.3, 0.4) is 0 Å². The van der Waals surface area contributed by atoms with E-state index in [-0.39, 0.29) is 17.4 Å². The van der Waals surface area contributed by atoms with Crippen LogP contribution in [-0.2, 0) is 17.7 Å². The minimum Gasteiger partial charge on any atom is -0.507 e. The van der Waals surface area contributed by atoms with Gasteiger partial charge in [0.15, 0.2) is 0 Å². The molecule has 3 heterocycles. The van der Waals surface area contributed by atoms with Crippen molar-refractivity contribution < 1.29 is 9.84 Å². The first-order valence-electron chi connectivity index (χ1n) is 11.7. The minimum atomic E-state index is -0.335. The van der Waals surface area contributed by atoms with E-state index in [2.05, 4.69) is 40.2 Å². The van der Waals surface area contributed by atoms with Crippen molar-refractivity contribution in [3.05, 3.63) is 93.7 Å². The monoisotopic (exact) mass is 447 g/mol. The van der Waals surface area contributed by atoms with E-state index < -0.39 is 0 Å². The van der Waals surface area contributed by atoms with E-state index in [0.717, 1.165) is 43.6 Å². The molecule has 1 saturated heterocycles. The van der Waals surface area contributed by atoms with Crippen molar-refractivity contribution >= 4 is 0 Å². The number of likely N-dealkylation sites (tertiary alicyclic amines) is 1. The third kappa shape index (κ3) is 5.34. The molecule has 6 heteroatoms. The molecule has 2 aromatic heterocycles. The van der Waals surface area contributed by atoms with Crippen LogP contribution in [0.1, 0.15) is 41.3 Å². The Morgan fingerprint density at radius 1 is 1.15 bits per heavy atom. The van der Waals surface area contributed by atoms with Crippen LogP contribution in [0.4, 0.5) is 0 Å². The van der Waals surface area contributed by atoms with Gasteiger partial charge in [0.1, 0.15) is 5.75 Å². The predicted molar refractivity (Wildman–Crippen MR) is 130 cm³/mol. The molecule has 0 aliphatic carbocycles. The van der Waals surface area contributed by atoms with E-state index in [0.29, 0.717) is 24.6 Å². The first-order valence-corrected chi connectivity index (χ1v) is 11.7. The lowest BCUT2D eigenvalue weighted by atomic mass is 9.88. The smallest absolute Gasteiger partial charge is 0.259 e. The SMILES string of the molecule is COCCn1c(C)cc(O)c(C(c2cccnc2)N2CCC(Cc3ccccc3)CC2)c1=O. The Morgan fingerprint density at radius 3 is 2.58 bits per heavy atom. The van der Waals surface area contributed by atoms with E-state index in [1.54, 1.807) is 30.1 Å². The maximum Gasteiger partial charge on any atom is 0.259 e. The molecule has 33 heavy (non-hydrogen) atoms. The summed E-state index contributed by atoms with van der Waals surface area (Å²) in [6.45, 7) is 4.46. The Bertz CT molecular complexity index is 1090. The highest BCUT2D eigenvalue weighted by Gasteiger charge is 2.32.